The molecular formula is C14H10ClFO2. The molecule has 1 N–H and O–H groups in total. The first-order chi connectivity index (χ1) is 8.47. The molecule has 92 valence electrons. The number of rotatable bonds is 2. The minimum atomic E-state index is -0.984. The van der Waals surface area contributed by atoms with E-state index in [2.05, 4.69) is 0 Å². The molecule has 0 bridgehead atoms. The van der Waals surface area contributed by atoms with E-state index in [0.717, 1.165) is 11.1 Å². The predicted molar refractivity (Wildman–Crippen MR) is 68.5 cm³/mol. The number of halogens is 2. The van der Waals surface area contributed by atoms with Crippen LogP contribution in [0, 0.1) is 12.7 Å². The van der Waals surface area contributed by atoms with E-state index in [1.807, 2.05) is 0 Å². The molecule has 2 rings (SSSR count). The second-order valence-corrected chi connectivity index (χ2v) is 4.43. The number of aromatic carboxylic acids is 1. The molecule has 0 aromatic heterocycles. The minimum Gasteiger partial charge on any atom is -0.478 e. The lowest BCUT2D eigenvalue weighted by Crippen LogP contribution is -1.97. The summed E-state index contributed by atoms with van der Waals surface area (Å²) in [7, 11) is 0. The number of benzene rings is 2. The van der Waals surface area contributed by atoms with E-state index < -0.39 is 11.8 Å². The Kier molecular flexibility index (Phi) is 3.34. The molecule has 0 spiro atoms. The van der Waals surface area contributed by atoms with Gasteiger partial charge in [0.25, 0.3) is 0 Å². The van der Waals surface area contributed by atoms with Gasteiger partial charge < -0.3 is 5.11 Å². The van der Waals surface area contributed by atoms with Crippen molar-refractivity contribution in [1.29, 1.82) is 0 Å². The van der Waals surface area contributed by atoms with Crippen LogP contribution in [-0.2, 0) is 0 Å². The fraction of sp³-hybridized carbons (Fsp3) is 0.0714. The molecule has 0 aliphatic rings. The van der Waals surface area contributed by atoms with Crippen LogP contribution in [0.1, 0.15) is 15.9 Å². The van der Waals surface area contributed by atoms with E-state index >= 15 is 0 Å². The molecule has 0 saturated heterocycles. The lowest BCUT2D eigenvalue weighted by Gasteiger charge is -2.08. The standard InChI is InChI=1S/C14H10ClFO2/c1-8-4-9(14(17)18)2-3-13(8)10-5-11(15)7-12(16)6-10/h2-7H,1H3,(H,17,18). The van der Waals surface area contributed by atoms with Crippen molar-refractivity contribution in [3.8, 4) is 11.1 Å². The Hall–Kier alpha value is -1.87. The molecule has 0 unspecified atom stereocenters. The van der Waals surface area contributed by atoms with Gasteiger partial charge >= 0.3 is 5.97 Å². The van der Waals surface area contributed by atoms with Crippen LogP contribution in [0.4, 0.5) is 4.39 Å². The van der Waals surface area contributed by atoms with Crippen LogP contribution in [0.3, 0.4) is 0 Å². The molecule has 0 radical (unpaired) electrons. The van der Waals surface area contributed by atoms with Gasteiger partial charge in [-0.2, -0.15) is 0 Å². The summed E-state index contributed by atoms with van der Waals surface area (Å²) >= 11 is 5.80. The Morgan fingerprint density at radius 1 is 1.22 bits per heavy atom. The molecule has 2 aromatic carbocycles. The molecule has 0 amide bonds. The monoisotopic (exact) mass is 264 g/mol. The molecule has 2 aromatic rings. The van der Waals surface area contributed by atoms with Gasteiger partial charge in [-0.3, -0.25) is 0 Å². The van der Waals surface area contributed by atoms with Gasteiger partial charge in [-0.1, -0.05) is 17.7 Å². The van der Waals surface area contributed by atoms with Crippen molar-refractivity contribution in [2.45, 2.75) is 6.92 Å². The lowest BCUT2D eigenvalue weighted by atomic mass is 9.98. The van der Waals surface area contributed by atoms with Crippen LogP contribution in [0.5, 0.6) is 0 Å². The number of carbonyl (C=O) groups is 1. The Morgan fingerprint density at radius 3 is 2.50 bits per heavy atom. The SMILES string of the molecule is Cc1cc(C(=O)O)ccc1-c1cc(F)cc(Cl)c1. The highest BCUT2D eigenvalue weighted by Gasteiger charge is 2.08. The number of carboxylic acid groups (broad SMARTS) is 1. The highest BCUT2D eigenvalue weighted by Crippen LogP contribution is 2.27. The Morgan fingerprint density at radius 2 is 1.94 bits per heavy atom. The molecule has 0 aliphatic carbocycles. The summed E-state index contributed by atoms with van der Waals surface area (Å²) in [6.07, 6.45) is 0. The van der Waals surface area contributed by atoms with Crippen LogP contribution < -0.4 is 0 Å². The summed E-state index contributed by atoms with van der Waals surface area (Å²) in [6.45, 7) is 1.78. The summed E-state index contributed by atoms with van der Waals surface area (Å²) in [5.74, 6) is -1.40. The lowest BCUT2D eigenvalue weighted by molar-refractivity contribution is 0.0697. The second-order valence-electron chi connectivity index (χ2n) is 3.99. The summed E-state index contributed by atoms with van der Waals surface area (Å²) in [6, 6.07) is 8.94. The maximum Gasteiger partial charge on any atom is 0.335 e. The van der Waals surface area contributed by atoms with E-state index in [-0.39, 0.29) is 5.56 Å². The first kappa shape index (κ1) is 12.6. The van der Waals surface area contributed by atoms with E-state index in [1.165, 1.54) is 18.2 Å². The van der Waals surface area contributed by atoms with Gasteiger partial charge in [-0.05, 0) is 53.9 Å². The van der Waals surface area contributed by atoms with Crippen molar-refractivity contribution in [2.24, 2.45) is 0 Å². The van der Waals surface area contributed by atoms with Gasteiger partial charge in [-0.25, -0.2) is 9.18 Å². The van der Waals surface area contributed by atoms with Crippen LogP contribution in [-0.4, -0.2) is 11.1 Å². The topological polar surface area (TPSA) is 37.3 Å². The van der Waals surface area contributed by atoms with Gasteiger partial charge in [0.15, 0.2) is 0 Å². The van der Waals surface area contributed by atoms with E-state index in [4.69, 9.17) is 16.7 Å². The fourth-order valence-corrected chi connectivity index (χ4v) is 2.05. The van der Waals surface area contributed by atoms with E-state index in [9.17, 15) is 9.18 Å². The van der Waals surface area contributed by atoms with E-state index in [0.29, 0.717) is 10.6 Å². The van der Waals surface area contributed by atoms with Crippen LogP contribution >= 0.6 is 11.6 Å². The number of carboxylic acids is 1. The molecule has 2 nitrogen and oxygen atoms in total. The maximum absolute atomic E-state index is 13.3. The van der Waals surface area contributed by atoms with Crippen molar-refractivity contribution in [1.82, 2.24) is 0 Å². The third kappa shape index (κ3) is 2.51. The van der Waals surface area contributed by atoms with Crippen molar-refractivity contribution < 1.29 is 14.3 Å². The molecular weight excluding hydrogens is 255 g/mol. The summed E-state index contributed by atoms with van der Waals surface area (Å²) in [4.78, 5) is 10.8. The zero-order valence-corrected chi connectivity index (χ0v) is 10.3. The van der Waals surface area contributed by atoms with Crippen molar-refractivity contribution in [3.05, 3.63) is 58.4 Å². The average molecular weight is 265 g/mol. The number of hydrogen-bond acceptors (Lipinski definition) is 1. The smallest absolute Gasteiger partial charge is 0.335 e. The number of hydrogen-bond donors (Lipinski definition) is 1. The Balaban J connectivity index is 2.54. The minimum absolute atomic E-state index is 0.207. The molecule has 0 fully saturated rings. The zero-order chi connectivity index (χ0) is 13.3. The predicted octanol–water partition coefficient (Wildman–Crippen LogP) is 4.15. The summed E-state index contributed by atoms with van der Waals surface area (Å²) in [5.41, 5.74) is 2.37. The second kappa shape index (κ2) is 4.78. The first-order valence-electron chi connectivity index (χ1n) is 5.28. The largest absolute Gasteiger partial charge is 0.478 e. The quantitative estimate of drug-likeness (QED) is 0.885. The van der Waals surface area contributed by atoms with Crippen LogP contribution in [0.25, 0.3) is 11.1 Å². The molecule has 0 heterocycles. The Bertz CT molecular complexity index is 603. The molecule has 4 heteroatoms. The average Bonchev–Trinajstić information content (AvgIpc) is 2.27. The highest BCUT2D eigenvalue weighted by molar-refractivity contribution is 6.30. The van der Waals surface area contributed by atoms with Gasteiger partial charge in [0.05, 0.1) is 5.56 Å². The maximum atomic E-state index is 13.3. The number of aryl methyl sites for hydroxylation is 1. The highest BCUT2D eigenvalue weighted by atomic mass is 35.5. The first-order valence-corrected chi connectivity index (χ1v) is 5.65. The van der Waals surface area contributed by atoms with Crippen molar-refractivity contribution in [3.63, 3.8) is 0 Å². The van der Waals surface area contributed by atoms with Crippen molar-refractivity contribution >= 4 is 17.6 Å². The third-order valence-electron chi connectivity index (χ3n) is 2.65. The summed E-state index contributed by atoms with van der Waals surface area (Å²) < 4.78 is 13.3. The Labute approximate surface area is 109 Å². The molecule has 0 saturated carbocycles. The van der Waals surface area contributed by atoms with Crippen LogP contribution in [0.2, 0.25) is 5.02 Å². The normalized spacial score (nSPS) is 10.4. The van der Waals surface area contributed by atoms with Gasteiger partial charge in [0, 0.05) is 5.02 Å². The van der Waals surface area contributed by atoms with E-state index in [1.54, 1.807) is 25.1 Å². The summed E-state index contributed by atoms with van der Waals surface area (Å²) in [5, 5.41) is 9.19. The fourth-order valence-electron chi connectivity index (χ4n) is 1.83. The zero-order valence-electron chi connectivity index (χ0n) is 9.58. The van der Waals surface area contributed by atoms with Crippen LogP contribution in [0.15, 0.2) is 36.4 Å². The third-order valence-corrected chi connectivity index (χ3v) is 2.87. The molecule has 18 heavy (non-hydrogen) atoms. The van der Waals surface area contributed by atoms with Gasteiger partial charge in [-0.15, -0.1) is 0 Å². The molecule has 0 atom stereocenters. The molecule has 0 aliphatic heterocycles. The van der Waals surface area contributed by atoms with Gasteiger partial charge in [0.1, 0.15) is 5.82 Å². The van der Waals surface area contributed by atoms with Gasteiger partial charge in [0.2, 0.25) is 0 Å². The van der Waals surface area contributed by atoms with Crippen molar-refractivity contribution in [2.75, 3.05) is 0 Å².